The van der Waals surface area contributed by atoms with Gasteiger partial charge in [0.1, 0.15) is 0 Å². The van der Waals surface area contributed by atoms with Crippen molar-refractivity contribution in [3.8, 4) is 6.07 Å². The van der Waals surface area contributed by atoms with E-state index in [1.54, 1.807) is 24.3 Å². The van der Waals surface area contributed by atoms with Crippen LogP contribution in [0.5, 0.6) is 0 Å². The van der Waals surface area contributed by atoms with Crippen LogP contribution in [0, 0.1) is 11.3 Å². The fourth-order valence-corrected chi connectivity index (χ4v) is 1.44. The van der Waals surface area contributed by atoms with Gasteiger partial charge in [0, 0.05) is 7.05 Å². The number of anilines is 1. The van der Waals surface area contributed by atoms with E-state index in [-0.39, 0.29) is 0 Å². The Hall–Kier alpha value is -1.54. The number of rotatable bonds is 2. The first-order valence-corrected chi connectivity index (χ1v) is 5.74. The highest BCUT2D eigenvalue weighted by Crippen LogP contribution is 2.15. The van der Waals surface area contributed by atoms with Crippen LogP contribution >= 0.6 is 0 Å². The second-order valence-corrected chi connectivity index (χ2v) is 4.90. The van der Waals surface area contributed by atoms with E-state index in [0.29, 0.717) is 11.3 Å². The molecule has 0 spiro atoms. The fraction of sp³-hybridized carbons (Fsp3) is 0.222. The topological polar surface area (TPSA) is 61.2 Å². The first-order chi connectivity index (χ1) is 6.45. The fourth-order valence-electron chi connectivity index (χ4n) is 0.937. The molecule has 0 saturated heterocycles. The van der Waals surface area contributed by atoms with Gasteiger partial charge in [-0.3, -0.25) is 4.31 Å². The minimum Gasteiger partial charge on any atom is -0.274 e. The van der Waals surface area contributed by atoms with Crippen LogP contribution in [-0.4, -0.2) is 21.7 Å². The molecule has 0 atom stereocenters. The van der Waals surface area contributed by atoms with Crippen LogP contribution in [0.3, 0.4) is 0 Å². The van der Waals surface area contributed by atoms with Crippen LogP contribution in [-0.2, 0) is 10.0 Å². The Morgan fingerprint density at radius 3 is 2.14 bits per heavy atom. The molecule has 0 N–H and O–H groups in total. The van der Waals surface area contributed by atoms with Crippen molar-refractivity contribution in [2.75, 3.05) is 17.6 Å². The van der Waals surface area contributed by atoms with Crippen molar-refractivity contribution in [1.82, 2.24) is 0 Å². The third-order valence-electron chi connectivity index (χ3n) is 1.86. The minimum atomic E-state index is -3.23. The highest BCUT2D eigenvalue weighted by Gasteiger charge is 2.10. The average molecular weight is 210 g/mol. The molecule has 5 heteroatoms. The molecule has 0 aromatic heterocycles. The van der Waals surface area contributed by atoms with Gasteiger partial charge >= 0.3 is 0 Å². The Labute approximate surface area is 83.4 Å². The molecule has 4 nitrogen and oxygen atoms in total. The van der Waals surface area contributed by atoms with Crippen molar-refractivity contribution in [3.05, 3.63) is 29.8 Å². The van der Waals surface area contributed by atoms with Gasteiger partial charge in [0.05, 0.1) is 23.6 Å². The largest absolute Gasteiger partial charge is 0.274 e. The number of hydrogen-bond acceptors (Lipinski definition) is 3. The zero-order valence-corrected chi connectivity index (χ0v) is 8.75. The highest BCUT2D eigenvalue weighted by molar-refractivity contribution is 7.92. The van der Waals surface area contributed by atoms with E-state index in [2.05, 4.69) is 0 Å². The lowest BCUT2D eigenvalue weighted by molar-refractivity contribution is 0.600. The standard InChI is InChI=1S/C9H10N2O2S/c1-11(14(2,12)13)9-5-3-8(7-10)4-6-9/h3-6H,1-2H3. The lowest BCUT2D eigenvalue weighted by Gasteiger charge is -2.16. The highest BCUT2D eigenvalue weighted by atomic mass is 32.2. The Kier molecular flexibility index (Phi) is 2.77. The molecular formula is C9H10N2O2S. The molecule has 1 rings (SSSR count). The van der Waals surface area contributed by atoms with Gasteiger partial charge in [-0.15, -0.1) is 0 Å². The Morgan fingerprint density at radius 2 is 1.79 bits per heavy atom. The summed E-state index contributed by atoms with van der Waals surface area (Å²) in [7, 11) is -1.76. The second kappa shape index (κ2) is 3.68. The summed E-state index contributed by atoms with van der Waals surface area (Å²) < 4.78 is 23.5. The van der Waals surface area contributed by atoms with Crippen molar-refractivity contribution in [3.63, 3.8) is 0 Å². The third-order valence-corrected chi connectivity index (χ3v) is 3.06. The summed E-state index contributed by atoms with van der Waals surface area (Å²) >= 11 is 0. The van der Waals surface area contributed by atoms with Gasteiger partial charge in [0.2, 0.25) is 10.0 Å². The molecule has 0 aliphatic carbocycles. The predicted molar refractivity (Wildman–Crippen MR) is 54.4 cm³/mol. The number of benzene rings is 1. The maximum absolute atomic E-state index is 11.1. The quantitative estimate of drug-likeness (QED) is 0.730. The van der Waals surface area contributed by atoms with Crippen molar-refractivity contribution in [1.29, 1.82) is 5.26 Å². The van der Waals surface area contributed by atoms with Crippen molar-refractivity contribution < 1.29 is 8.42 Å². The summed E-state index contributed by atoms with van der Waals surface area (Å²) in [6.07, 6.45) is 1.13. The van der Waals surface area contributed by atoms with Crippen molar-refractivity contribution in [2.45, 2.75) is 0 Å². The normalized spacial score (nSPS) is 10.6. The van der Waals surface area contributed by atoms with Crippen LogP contribution in [0.1, 0.15) is 5.56 Å². The Morgan fingerprint density at radius 1 is 1.29 bits per heavy atom. The number of nitriles is 1. The molecular weight excluding hydrogens is 200 g/mol. The van der Waals surface area contributed by atoms with Gasteiger partial charge in [-0.1, -0.05) is 0 Å². The monoisotopic (exact) mass is 210 g/mol. The summed E-state index contributed by atoms with van der Waals surface area (Å²) in [4.78, 5) is 0. The van der Waals surface area contributed by atoms with E-state index in [1.807, 2.05) is 6.07 Å². The van der Waals surface area contributed by atoms with Gasteiger partial charge in [-0.25, -0.2) is 8.42 Å². The van der Waals surface area contributed by atoms with Crippen molar-refractivity contribution >= 4 is 15.7 Å². The molecule has 0 bridgehead atoms. The van der Waals surface area contributed by atoms with Crippen LogP contribution < -0.4 is 4.31 Å². The minimum absolute atomic E-state index is 0.510. The maximum atomic E-state index is 11.1. The van der Waals surface area contributed by atoms with Gasteiger partial charge in [0.25, 0.3) is 0 Å². The van der Waals surface area contributed by atoms with Crippen LogP contribution in [0.25, 0.3) is 0 Å². The van der Waals surface area contributed by atoms with E-state index in [9.17, 15) is 8.42 Å². The number of nitrogens with zero attached hydrogens (tertiary/aromatic N) is 2. The summed E-state index contributed by atoms with van der Waals surface area (Å²) in [5, 5.41) is 8.55. The SMILES string of the molecule is CN(c1ccc(C#N)cc1)S(C)(=O)=O. The molecule has 14 heavy (non-hydrogen) atoms. The van der Waals surface area contributed by atoms with E-state index < -0.39 is 10.0 Å². The zero-order chi connectivity index (χ0) is 10.8. The Bertz CT molecular complexity index is 457. The molecule has 0 aliphatic heterocycles. The lowest BCUT2D eigenvalue weighted by atomic mass is 10.2. The number of hydrogen-bond donors (Lipinski definition) is 0. The summed E-state index contributed by atoms with van der Waals surface area (Å²) in [6, 6.07) is 8.32. The smallest absolute Gasteiger partial charge is 0.231 e. The molecule has 0 aliphatic rings. The average Bonchev–Trinajstić information content (AvgIpc) is 2.15. The van der Waals surface area contributed by atoms with Crippen LogP contribution in [0.4, 0.5) is 5.69 Å². The number of sulfonamides is 1. The zero-order valence-electron chi connectivity index (χ0n) is 7.93. The van der Waals surface area contributed by atoms with E-state index in [1.165, 1.54) is 7.05 Å². The van der Waals surface area contributed by atoms with E-state index in [0.717, 1.165) is 10.6 Å². The molecule has 0 amide bonds. The second-order valence-electron chi connectivity index (χ2n) is 2.89. The molecule has 0 radical (unpaired) electrons. The molecule has 74 valence electrons. The molecule has 0 fully saturated rings. The van der Waals surface area contributed by atoms with E-state index >= 15 is 0 Å². The van der Waals surface area contributed by atoms with Crippen LogP contribution in [0.15, 0.2) is 24.3 Å². The molecule has 0 saturated carbocycles. The first-order valence-electron chi connectivity index (χ1n) is 3.89. The van der Waals surface area contributed by atoms with Crippen molar-refractivity contribution in [2.24, 2.45) is 0 Å². The summed E-state index contributed by atoms with van der Waals surface area (Å²) in [6.45, 7) is 0. The maximum Gasteiger partial charge on any atom is 0.231 e. The first kappa shape index (κ1) is 10.5. The predicted octanol–water partition coefficient (Wildman–Crippen LogP) is 0.954. The molecule has 0 unspecified atom stereocenters. The van der Waals surface area contributed by atoms with Gasteiger partial charge in [-0.05, 0) is 24.3 Å². The molecule has 1 aromatic carbocycles. The molecule has 0 heterocycles. The lowest BCUT2D eigenvalue weighted by Crippen LogP contribution is -2.24. The molecule has 1 aromatic rings. The van der Waals surface area contributed by atoms with Gasteiger partial charge in [0.15, 0.2) is 0 Å². The van der Waals surface area contributed by atoms with E-state index in [4.69, 9.17) is 5.26 Å². The third kappa shape index (κ3) is 2.24. The van der Waals surface area contributed by atoms with Crippen LogP contribution in [0.2, 0.25) is 0 Å². The van der Waals surface area contributed by atoms with Gasteiger partial charge in [-0.2, -0.15) is 5.26 Å². The summed E-state index contributed by atoms with van der Waals surface area (Å²) in [5.74, 6) is 0. The Balaban J connectivity index is 3.06. The summed E-state index contributed by atoms with van der Waals surface area (Å²) in [5.41, 5.74) is 1.06. The van der Waals surface area contributed by atoms with Gasteiger partial charge < -0.3 is 0 Å².